The van der Waals surface area contributed by atoms with Crippen molar-refractivity contribution in [2.24, 2.45) is 0 Å². The second-order valence-electron chi connectivity index (χ2n) is 15.7. The highest BCUT2D eigenvalue weighted by molar-refractivity contribution is 6.71. The molecule has 0 aliphatic carbocycles. The van der Waals surface area contributed by atoms with Gasteiger partial charge in [0, 0.05) is 6.42 Å². The Kier molecular flexibility index (Phi) is 19.6. The molecule has 246 valence electrons. The summed E-state index contributed by atoms with van der Waals surface area (Å²) in [5, 5.41) is 0. The predicted octanol–water partition coefficient (Wildman–Crippen LogP) is 9.74. The number of hydrogen-bond acceptors (Lipinski definition) is 6. The van der Waals surface area contributed by atoms with E-state index in [1.807, 2.05) is 0 Å². The average molecular weight is 651 g/mol. The highest BCUT2D eigenvalue weighted by Gasteiger charge is 2.34. The first-order valence-corrected chi connectivity index (χ1v) is 30.1. The highest BCUT2D eigenvalue weighted by atomic mass is 28.4. The minimum absolute atomic E-state index is 0.0815. The monoisotopic (exact) mass is 650 g/mol. The molecule has 0 rings (SSSR count). The molecule has 10 heteroatoms. The number of hydrogen-bond donors (Lipinski definition) is 0. The SMILES string of the molecule is CCCCCC(O[Si](C)(C)C)C(CCCC(O[Si](C)(C)C)C(CCCCCC(=O)OC)O[Si](C)(C)C)O[Si](C)(C)C. The zero-order valence-electron chi connectivity index (χ0n) is 29.7. The van der Waals surface area contributed by atoms with Gasteiger partial charge in [0.05, 0.1) is 31.5 Å². The lowest BCUT2D eigenvalue weighted by Crippen LogP contribution is -2.46. The number of carbonyl (C=O) groups excluding carboxylic acids is 1. The van der Waals surface area contributed by atoms with Crippen molar-refractivity contribution < 1.29 is 27.2 Å². The minimum Gasteiger partial charge on any atom is -0.469 e. The molecule has 0 amide bonds. The van der Waals surface area contributed by atoms with Gasteiger partial charge in [-0.25, -0.2) is 0 Å². The number of methoxy groups -OCH3 is 1. The molecule has 0 aromatic rings. The number of unbranched alkanes of at least 4 members (excludes halogenated alkanes) is 4. The summed E-state index contributed by atoms with van der Waals surface area (Å²) in [6.07, 6.45) is 12.6. The van der Waals surface area contributed by atoms with Gasteiger partial charge in [-0.3, -0.25) is 4.79 Å². The summed E-state index contributed by atoms with van der Waals surface area (Å²) in [4.78, 5) is 11.5. The molecule has 0 aromatic heterocycles. The van der Waals surface area contributed by atoms with Crippen LogP contribution in [0.3, 0.4) is 0 Å². The van der Waals surface area contributed by atoms with E-state index >= 15 is 0 Å². The average Bonchev–Trinajstić information content (AvgIpc) is 2.78. The fourth-order valence-electron chi connectivity index (χ4n) is 5.11. The lowest BCUT2D eigenvalue weighted by atomic mass is 9.97. The molecule has 0 aromatic carbocycles. The van der Waals surface area contributed by atoms with E-state index in [1.165, 1.54) is 26.4 Å². The van der Waals surface area contributed by atoms with Gasteiger partial charge in [-0.05, 0) is 117 Å². The zero-order valence-corrected chi connectivity index (χ0v) is 33.7. The molecule has 0 aliphatic rings. The topological polar surface area (TPSA) is 63.2 Å². The van der Waals surface area contributed by atoms with Crippen molar-refractivity contribution in [3.63, 3.8) is 0 Å². The summed E-state index contributed by atoms with van der Waals surface area (Å²) < 4.78 is 32.2. The van der Waals surface area contributed by atoms with Gasteiger partial charge in [0.1, 0.15) is 0 Å². The van der Waals surface area contributed by atoms with E-state index in [9.17, 15) is 4.79 Å². The summed E-state index contributed by atoms with van der Waals surface area (Å²) in [6.45, 7) is 29.7. The lowest BCUT2D eigenvalue weighted by molar-refractivity contribution is -0.140. The molecule has 0 saturated carbocycles. The van der Waals surface area contributed by atoms with Crippen molar-refractivity contribution >= 4 is 39.2 Å². The maximum absolute atomic E-state index is 11.5. The van der Waals surface area contributed by atoms with E-state index in [0.29, 0.717) is 6.42 Å². The van der Waals surface area contributed by atoms with Crippen molar-refractivity contribution in [2.45, 2.75) is 187 Å². The molecule has 6 nitrogen and oxygen atoms in total. The van der Waals surface area contributed by atoms with Crippen LogP contribution in [0.1, 0.15) is 84.0 Å². The van der Waals surface area contributed by atoms with Gasteiger partial charge in [0.2, 0.25) is 0 Å². The summed E-state index contributed by atoms with van der Waals surface area (Å²) in [7, 11) is -5.58. The summed E-state index contributed by atoms with van der Waals surface area (Å²) >= 11 is 0. The summed E-state index contributed by atoms with van der Waals surface area (Å²) in [6, 6.07) is 0. The van der Waals surface area contributed by atoms with Crippen LogP contribution in [0.25, 0.3) is 0 Å². The van der Waals surface area contributed by atoms with Crippen molar-refractivity contribution in [3.8, 4) is 0 Å². The number of esters is 1. The second kappa shape index (κ2) is 19.5. The Morgan fingerprint density at radius 2 is 0.805 bits per heavy atom. The fourth-order valence-corrected chi connectivity index (χ4v) is 9.82. The molecule has 0 saturated heterocycles. The van der Waals surface area contributed by atoms with E-state index < -0.39 is 33.3 Å². The Balaban J connectivity index is 5.74. The quantitative estimate of drug-likeness (QED) is 0.0589. The molecular weight excluding hydrogens is 581 g/mol. The van der Waals surface area contributed by atoms with Gasteiger partial charge < -0.3 is 22.4 Å². The third-order valence-electron chi connectivity index (χ3n) is 6.52. The molecule has 0 heterocycles. The molecule has 0 spiro atoms. The maximum Gasteiger partial charge on any atom is 0.305 e. The molecule has 4 atom stereocenters. The maximum atomic E-state index is 11.5. The third-order valence-corrected chi connectivity index (χ3v) is 10.6. The summed E-state index contributed by atoms with van der Waals surface area (Å²) in [5.41, 5.74) is 0. The van der Waals surface area contributed by atoms with E-state index in [1.54, 1.807) is 0 Å². The first-order chi connectivity index (χ1) is 18.7. The van der Waals surface area contributed by atoms with Crippen LogP contribution in [-0.4, -0.2) is 70.8 Å². The predicted molar refractivity (Wildman–Crippen MR) is 186 cm³/mol. The van der Waals surface area contributed by atoms with E-state index in [2.05, 4.69) is 85.5 Å². The number of carbonyl (C=O) groups is 1. The molecule has 0 fully saturated rings. The van der Waals surface area contributed by atoms with Crippen LogP contribution < -0.4 is 0 Å². The van der Waals surface area contributed by atoms with Crippen molar-refractivity contribution in [1.29, 1.82) is 0 Å². The van der Waals surface area contributed by atoms with Crippen LogP contribution in [0.4, 0.5) is 0 Å². The number of ether oxygens (including phenoxy) is 1. The normalized spacial score (nSPS) is 16.3. The van der Waals surface area contributed by atoms with Gasteiger partial charge in [-0.2, -0.15) is 0 Å². The largest absolute Gasteiger partial charge is 0.469 e. The molecule has 0 radical (unpaired) electrons. The van der Waals surface area contributed by atoms with Crippen LogP contribution in [0.15, 0.2) is 0 Å². The second-order valence-corrected chi connectivity index (χ2v) is 33.5. The van der Waals surface area contributed by atoms with Crippen molar-refractivity contribution in [1.82, 2.24) is 0 Å². The zero-order chi connectivity index (χ0) is 31.9. The Morgan fingerprint density at radius 3 is 1.10 bits per heavy atom. The Bertz CT molecular complexity index is 695. The standard InChI is InChI=1S/C31H70O6Si4/c1-15-16-18-22-27(34-38(3,4)5)29(36-40(9,10)11)24-21-25-30(37-41(12,13)14)28(35-39(6,7)8)23-19-17-20-26-31(32)33-2/h27-30H,15-26H2,1-14H3. The fraction of sp³-hybridized carbons (Fsp3) is 0.968. The van der Waals surface area contributed by atoms with E-state index in [4.69, 9.17) is 22.4 Å². The van der Waals surface area contributed by atoms with Gasteiger partial charge in [-0.1, -0.05) is 39.0 Å². The first kappa shape index (κ1) is 41.2. The summed E-state index contributed by atoms with van der Waals surface area (Å²) in [5.74, 6) is -0.124. The van der Waals surface area contributed by atoms with Crippen LogP contribution in [-0.2, 0) is 27.2 Å². The Labute approximate surface area is 259 Å². The van der Waals surface area contributed by atoms with Gasteiger partial charge in [0.15, 0.2) is 33.3 Å². The first-order valence-electron chi connectivity index (χ1n) is 16.4. The Morgan fingerprint density at radius 1 is 0.488 bits per heavy atom. The molecule has 41 heavy (non-hydrogen) atoms. The van der Waals surface area contributed by atoms with Crippen molar-refractivity contribution in [3.05, 3.63) is 0 Å². The highest BCUT2D eigenvalue weighted by Crippen LogP contribution is 2.28. The molecule has 4 unspecified atom stereocenters. The number of rotatable bonds is 24. The Hall–Kier alpha value is 0.178. The van der Waals surface area contributed by atoms with Gasteiger partial charge in [0.25, 0.3) is 0 Å². The smallest absolute Gasteiger partial charge is 0.305 e. The van der Waals surface area contributed by atoms with Gasteiger partial charge >= 0.3 is 5.97 Å². The lowest BCUT2D eigenvalue weighted by Gasteiger charge is -2.38. The van der Waals surface area contributed by atoms with Crippen molar-refractivity contribution in [2.75, 3.05) is 7.11 Å². The van der Waals surface area contributed by atoms with Crippen LogP contribution in [0.5, 0.6) is 0 Å². The minimum atomic E-state index is -1.79. The molecular formula is C31H70O6Si4. The van der Waals surface area contributed by atoms with E-state index in [-0.39, 0.29) is 30.4 Å². The molecule has 0 aliphatic heterocycles. The van der Waals surface area contributed by atoms with Crippen LogP contribution in [0.2, 0.25) is 78.6 Å². The third kappa shape index (κ3) is 24.2. The van der Waals surface area contributed by atoms with Gasteiger partial charge in [-0.15, -0.1) is 0 Å². The van der Waals surface area contributed by atoms with Crippen LogP contribution in [0, 0.1) is 0 Å². The molecule has 0 N–H and O–H groups in total. The van der Waals surface area contributed by atoms with Crippen LogP contribution >= 0.6 is 0 Å². The molecule has 0 bridgehead atoms. The van der Waals surface area contributed by atoms with E-state index in [0.717, 1.165) is 51.4 Å².